The number of aryl methyl sites for hydroxylation is 1. The topological polar surface area (TPSA) is 78.5 Å². The minimum absolute atomic E-state index is 0.231. The van der Waals surface area contributed by atoms with E-state index >= 15 is 0 Å². The predicted molar refractivity (Wildman–Crippen MR) is 168 cm³/mol. The fourth-order valence-electron chi connectivity index (χ4n) is 6.48. The number of piperidine rings is 1. The Bertz CT molecular complexity index is 1440. The zero-order valence-corrected chi connectivity index (χ0v) is 25.3. The lowest BCUT2D eigenvalue weighted by molar-refractivity contribution is 0.102. The third-order valence-corrected chi connectivity index (χ3v) is 9.98. The van der Waals surface area contributed by atoms with Crippen LogP contribution >= 0.6 is 0 Å². The highest BCUT2D eigenvalue weighted by Gasteiger charge is 2.26. The van der Waals surface area contributed by atoms with E-state index in [0.29, 0.717) is 34.7 Å². The number of amides is 1. The summed E-state index contributed by atoms with van der Waals surface area (Å²) in [5.74, 6) is 1.21. The van der Waals surface area contributed by atoms with Gasteiger partial charge in [-0.15, -0.1) is 0 Å². The Morgan fingerprint density at radius 1 is 0.878 bits per heavy atom. The average molecular weight is 574 g/mol. The smallest absolute Gasteiger partial charge is 0.261 e. The molecule has 1 aliphatic heterocycles. The number of hydrogen-bond donors (Lipinski definition) is 2. The van der Waals surface area contributed by atoms with Crippen molar-refractivity contribution in [1.82, 2.24) is 0 Å². The van der Waals surface area contributed by atoms with Crippen LogP contribution in [0.25, 0.3) is 0 Å². The van der Waals surface area contributed by atoms with Gasteiger partial charge in [0.2, 0.25) is 0 Å². The Hall–Kier alpha value is -3.32. The van der Waals surface area contributed by atoms with Crippen molar-refractivity contribution in [1.29, 1.82) is 0 Å². The molecule has 1 saturated carbocycles. The van der Waals surface area contributed by atoms with Gasteiger partial charge in [-0.2, -0.15) is 0 Å². The molecule has 2 atom stereocenters. The summed E-state index contributed by atoms with van der Waals surface area (Å²) in [4.78, 5) is 15.7. The molecule has 1 heterocycles. The highest BCUT2D eigenvalue weighted by molar-refractivity contribution is 7.92. The van der Waals surface area contributed by atoms with Gasteiger partial charge in [0.1, 0.15) is 0 Å². The Kier molecular flexibility index (Phi) is 9.03. The molecular weight excluding hydrogens is 530 g/mol. The van der Waals surface area contributed by atoms with Crippen LogP contribution in [0.2, 0.25) is 0 Å². The van der Waals surface area contributed by atoms with Crippen LogP contribution in [0.1, 0.15) is 86.7 Å². The summed E-state index contributed by atoms with van der Waals surface area (Å²) in [5, 5.41) is 2.95. The van der Waals surface area contributed by atoms with Gasteiger partial charge < -0.3 is 10.2 Å². The molecule has 1 amide bonds. The van der Waals surface area contributed by atoms with Crippen LogP contribution < -0.4 is 14.9 Å². The van der Waals surface area contributed by atoms with Gasteiger partial charge >= 0.3 is 0 Å². The maximum Gasteiger partial charge on any atom is 0.261 e. The van der Waals surface area contributed by atoms with Gasteiger partial charge in [-0.25, -0.2) is 8.42 Å². The summed E-state index contributed by atoms with van der Waals surface area (Å²) in [6, 6.07) is 20.5. The molecule has 2 unspecified atom stereocenters. The highest BCUT2D eigenvalue weighted by atomic mass is 32.2. The normalized spacial score (nSPS) is 20.0. The quantitative estimate of drug-likeness (QED) is 0.288. The van der Waals surface area contributed by atoms with Crippen molar-refractivity contribution in [3.8, 4) is 0 Å². The Morgan fingerprint density at radius 2 is 1.54 bits per heavy atom. The number of carbonyl (C=O) groups is 1. The lowest BCUT2D eigenvalue weighted by Gasteiger charge is -2.37. The minimum atomic E-state index is -3.87. The van der Waals surface area contributed by atoms with Crippen LogP contribution in [0.3, 0.4) is 0 Å². The van der Waals surface area contributed by atoms with E-state index < -0.39 is 10.0 Å². The Balaban J connectivity index is 1.42. The molecule has 2 aliphatic rings. The maximum atomic E-state index is 13.7. The second kappa shape index (κ2) is 12.7. The van der Waals surface area contributed by atoms with Crippen molar-refractivity contribution in [2.24, 2.45) is 11.8 Å². The van der Waals surface area contributed by atoms with Crippen molar-refractivity contribution < 1.29 is 13.2 Å². The van der Waals surface area contributed by atoms with Crippen molar-refractivity contribution >= 4 is 33.0 Å². The largest absolute Gasteiger partial charge is 0.369 e. The van der Waals surface area contributed by atoms with Gasteiger partial charge in [-0.3, -0.25) is 9.52 Å². The van der Waals surface area contributed by atoms with Gasteiger partial charge in [0, 0.05) is 24.3 Å². The third kappa shape index (κ3) is 7.13. The first-order valence-corrected chi connectivity index (χ1v) is 16.6. The summed E-state index contributed by atoms with van der Waals surface area (Å²) in [5.41, 5.74) is 4.74. The lowest BCUT2D eigenvalue weighted by atomic mass is 9.84. The van der Waals surface area contributed by atoms with Crippen molar-refractivity contribution in [3.05, 3.63) is 83.4 Å². The SMILES string of the molecule is CCc1ccc(NC(=O)c2ccc(N3CC(C)CC(C)C3)c(NS(=O)(=O)c3ccc(C4CCCCC4)cc3)c2)cc1. The van der Waals surface area contributed by atoms with Crippen molar-refractivity contribution in [2.75, 3.05) is 28.0 Å². The maximum absolute atomic E-state index is 13.7. The van der Waals surface area contributed by atoms with Gasteiger partial charge in [0.15, 0.2) is 0 Å². The zero-order chi connectivity index (χ0) is 29.0. The van der Waals surface area contributed by atoms with Crippen LogP contribution in [0, 0.1) is 11.8 Å². The van der Waals surface area contributed by atoms with Crippen molar-refractivity contribution in [3.63, 3.8) is 0 Å². The zero-order valence-electron chi connectivity index (χ0n) is 24.5. The van der Waals surface area contributed by atoms with E-state index in [9.17, 15) is 13.2 Å². The summed E-state index contributed by atoms with van der Waals surface area (Å²) in [6.45, 7) is 8.22. The average Bonchev–Trinajstić information content (AvgIpc) is 2.97. The van der Waals surface area contributed by atoms with Crippen molar-refractivity contribution in [2.45, 2.75) is 76.5 Å². The van der Waals surface area contributed by atoms with Crippen LogP contribution in [0.4, 0.5) is 17.1 Å². The fourth-order valence-corrected chi connectivity index (χ4v) is 7.55. The number of nitrogens with zero attached hydrogens (tertiary/aromatic N) is 1. The highest BCUT2D eigenvalue weighted by Crippen LogP contribution is 2.36. The van der Waals surface area contributed by atoms with E-state index in [0.717, 1.165) is 44.5 Å². The molecule has 41 heavy (non-hydrogen) atoms. The molecule has 0 radical (unpaired) electrons. The van der Waals surface area contributed by atoms with Gasteiger partial charge in [-0.1, -0.05) is 64.3 Å². The number of sulfonamides is 1. The van der Waals surface area contributed by atoms with Crippen LogP contribution in [0.5, 0.6) is 0 Å². The van der Waals surface area contributed by atoms with E-state index in [-0.39, 0.29) is 10.8 Å². The van der Waals surface area contributed by atoms with E-state index in [1.54, 1.807) is 24.3 Å². The number of anilines is 3. The second-order valence-electron chi connectivity index (χ2n) is 12.1. The van der Waals surface area contributed by atoms with E-state index in [2.05, 4.69) is 35.7 Å². The number of carbonyl (C=O) groups excluding carboxylic acids is 1. The van der Waals surface area contributed by atoms with Crippen LogP contribution in [-0.2, 0) is 16.4 Å². The minimum Gasteiger partial charge on any atom is -0.369 e. The number of benzene rings is 3. The van der Waals surface area contributed by atoms with Gasteiger partial charge in [-0.05, 0) is 97.0 Å². The summed E-state index contributed by atoms with van der Waals surface area (Å²) >= 11 is 0. The number of hydrogen-bond acceptors (Lipinski definition) is 4. The third-order valence-electron chi connectivity index (χ3n) is 8.60. The van der Waals surface area contributed by atoms with E-state index in [1.807, 2.05) is 42.5 Å². The molecule has 7 heteroatoms. The molecule has 1 saturated heterocycles. The molecule has 0 bridgehead atoms. The number of nitrogens with one attached hydrogen (secondary N) is 2. The lowest BCUT2D eigenvalue weighted by Crippen LogP contribution is -2.39. The van der Waals surface area contributed by atoms with Crippen LogP contribution in [-0.4, -0.2) is 27.4 Å². The summed E-state index contributed by atoms with van der Waals surface area (Å²) in [6.07, 6.45) is 8.15. The second-order valence-corrected chi connectivity index (χ2v) is 13.8. The number of rotatable bonds is 8. The Morgan fingerprint density at radius 3 is 2.17 bits per heavy atom. The molecule has 5 rings (SSSR count). The van der Waals surface area contributed by atoms with Crippen LogP contribution in [0.15, 0.2) is 71.6 Å². The van der Waals surface area contributed by atoms with E-state index in [1.165, 1.54) is 30.4 Å². The molecule has 2 fully saturated rings. The molecule has 0 aromatic heterocycles. The molecule has 1 aliphatic carbocycles. The molecule has 0 spiro atoms. The molecular formula is C34H43N3O3S. The molecule has 218 valence electrons. The molecule has 2 N–H and O–H groups in total. The molecule has 6 nitrogen and oxygen atoms in total. The van der Waals surface area contributed by atoms with E-state index in [4.69, 9.17) is 0 Å². The molecule has 3 aromatic rings. The first-order valence-electron chi connectivity index (χ1n) is 15.1. The fraction of sp³-hybridized carbons (Fsp3) is 0.441. The summed E-state index contributed by atoms with van der Waals surface area (Å²) in [7, 11) is -3.87. The Labute approximate surface area is 245 Å². The summed E-state index contributed by atoms with van der Waals surface area (Å²) < 4.78 is 30.2. The molecule has 3 aromatic carbocycles. The van der Waals surface area contributed by atoms with Gasteiger partial charge in [0.05, 0.1) is 16.3 Å². The predicted octanol–water partition coefficient (Wildman–Crippen LogP) is 7.83. The van der Waals surface area contributed by atoms with Gasteiger partial charge in [0.25, 0.3) is 15.9 Å². The first-order chi connectivity index (χ1) is 19.7. The monoisotopic (exact) mass is 573 g/mol. The first kappa shape index (κ1) is 29.2. The standard InChI is InChI=1S/C34H43N3O3S/c1-4-26-10-15-30(16-11-26)35-34(38)29-14-19-33(37-22-24(2)20-25(3)23-37)32(21-29)36-41(39,40)31-17-12-28(13-18-31)27-8-6-5-7-9-27/h10-19,21,24-25,27,36H,4-9,20,22-23H2,1-3H3,(H,35,38).